The fourth-order valence-electron chi connectivity index (χ4n) is 16.6. The van der Waals surface area contributed by atoms with Crippen LogP contribution < -0.4 is 49.2 Å². The Morgan fingerprint density at radius 2 is 0.803 bits per heavy atom. The van der Waals surface area contributed by atoms with Crippen molar-refractivity contribution in [2.75, 3.05) is 27.0 Å². The number of fused-ring (bicyclic) bond motifs is 8. The molecule has 22 rings (SSSR count). The van der Waals surface area contributed by atoms with Gasteiger partial charge < -0.3 is 27.0 Å². The fraction of sp³-hybridized carbons (Fsp3) is 0.121. The Morgan fingerprint density at radius 3 is 1.28 bits per heavy atom. The van der Waals surface area contributed by atoms with Crippen LogP contribution in [0.2, 0.25) is 15.3 Å². The van der Waals surface area contributed by atoms with Crippen LogP contribution in [-0.2, 0) is 20.3 Å². The lowest BCUT2D eigenvalue weighted by molar-refractivity contribution is -0.137. The molecule has 22 aromatic rings. The summed E-state index contributed by atoms with van der Waals surface area (Å²) in [5, 5.41) is 28.9. The van der Waals surface area contributed by atoms with E-state index in [9.17, 15) is 32.3 Å². The molecule has 0 aliphatic heterocycles. The predicted octanol–water partition coefficient (Wildman–Crippen LogP) is 22.5. The summed E-state index contributed by atoms with van der Waals surface area (Å²) >= 11 is 24.7. The van der Waals surface area contributed by atoms with Crippen molar-refractivity contribution in [3.8, 4) is 45.0 Å². The Kier molecular flexibility index (Phi) is 25.3. The van der Waals surface area contributed by atoms with Gasteiger partial charge in [-0.05, 0) is 176 Å². The summed E-state index contributed by atoms with van der Waals surface area (Å²) < 4.78 is 51.2. The van der Waals surface area contributed by atoms with Gasteiger partial charge in [0.2, 0.25) is 11.2 Å². The van der Waals surface area contributed by atoms with Gasteiger partial charge in [-0.15, -0.1) is 34.0 Å². The largest absolute Gasteiger partial charge is 0.416 e. The third kappa shape index (κ3) is 18.3. The number of nitrogen functional groups attached to an aromatic ring is 1. The highest BCUT2D eigenvalue weighted by molar-refractivity contribution is 7.18. The van der Waals surface area contributed by atoms with Crippen molar-refractivity contribution in [1.29, 1.82) is 0 Å². The van der Waals surface area contributed by atoms with Gasteiger partial charge in [0.1, 0.15) is 33.2 Å². The predicted molar refractivity (Wildman–Crippen MR) is 543 cm³/mol. The zero-order valence-electron chi connectivity index (χ0n) is 73.4. The fourth-order valence-corrected chi connectivity index (χ4v) is 20.1. The first-order valence-corrected chi connectivity index (χ1v) is 47.2. The maximum Gasteiger partial charge on any atom is 0.416 e. The van der Waals surface area contributed by atoms with Crippen LogP contribution in [0.3, 0.4) is 0 Å². The van der Waals surface area contributed by atoms with E-state index in [0.29, 0.717) is 81.7 Å². The molecule has 6 N–H and O–H groups in total. The number of alkyl halides is 3. The van der Waals surface area contributed by atoms with Crippen molar-refractivity contribution < 1.29 is 13.2 Å². The SMILES string of the molecule is C[C@H](Nc1nc(Cl)nc2scnc12)c1cc2cccc(-c3cnn(C)c3)c2c(=O)n1-c1ccccc1.C[C@H](Nc1nc(N)nc2scnc12)c1cc2cccc(-c3cnn(C)c3)c2c(=O)n1-c1ccccc1.C[C@H](Nc1nccc2scnc12)c1cc2cccc(Cl)c2c(=O)n1-c1cccc(C(F)(F)F)c1.Cc1nc2c(N[C@@H](C)c3cc4cccc(Cl)c4c(=O)n3-c3ccccc3)ncnc2s1. The van der Waals surface area contributed by atoms with Gasteiger partial charge in [-0.3, -0.25) is 46.8 Å². The maximum atomic E-state index is 14.2. The van der Waals surface area contributed by atoms with Gasteiger partial charge in [-0.1, -0.05) is 156 Å². The van der Waals surface area contributed by atoms with E-state index in [1.807, 2.05) is 225 Å². The summed E-state index contributed by atoms with van der Waals surface area (Å²) in [6.45, 7) is 9.72. The Labute approximate surface area is 807 Å². The van der Waals surface area contributed by atoms with Crippen molar-refractivity contribution in [3.05, 3.63) is 362 Å². The van der Waals surface area contributed by atoms with Crippen molar-refractivity contribution in [2.45, 2.75) is 65.0 Å². The van der Waals surface area contributed by atoms with E-state index >= 15 is 0 Å². The van der Waals surface area contributed by atoms with Crippen LogP contribution >= 0.6 is 80.1 Å². The molecule has 14 heterocycles. The number of thiazole rings is 4. The third-order valence-corrected chi connectivity index (χ3v) is 26.7. The number of nitrogens with zero attached hydrogens (tertiary/aromatic N) is 19. The molecule has 0 bridgehead atoms. The molecule has 0 saturated heterocycles. The number of nitrogens with one attached hydrogen (secondary N) is 4. The van der Waals surface area contributed by atoms with E-state index < -0.39 is 23.3 Å². The van der Waals surface area contributed by atoms with Gasteiger partial charge in [0, 0.05) is 89.3 Å². The average Bonchev–Trinajstić information content (AvgIpc) is 1.38. The number of benzene rings is 8. The Morgan fingerprint density at radius 1 is 0.394 bits per heavy atom. The minimum Gasteiger partial charge on any atom is -0.368 e. The lowest BCUT2D eigenvalue weighted by Crippen LogP contribution is -2.26. The molecule has 14 aromatic heterocycles. The second-order valence-electron chi connectivity index (χ2n) is 31.9. The molecule has 4 atom stereocenters. The average molecular weight is 1960 g/mol. The zero-order valence-corrected chi connectivity index (χ0v) is 78.9. The van der Waals surface area contributed by atoms with Crippen LogP contribution in [0, 0.1) is 6.92 Å². The molecule has 682 valence electrons. The normalized spacial score (nSPS) is 12.4. The number of rotatable bonds is 18. The lowest BCUT2D eigenvalue weighted by Gasteiger charge is -2.22. The van der Waals surface area contributed by atoms with E-state index in [1.54, 1.807) is 88.5 Å². The van der Waals surface area contributed by atoms with E-state index in [0.717, 1.165) is 105 Å². The summed E-state index contributed by atoms with van der Waals surface area (Å²) in [7, 11) is 3.72. The third-order valence-electron chi connectivity index (χ3n) is 22.8. The molecule has 0 radical (unpaired) electrons. The van der Waals surface area contributed by atoms with Crippen LogP contribution in [0.5, 0.6) is 0 Å². The number of para-hydroxylation sites is 3. The molecule has 28 nitrogen and oxygen atoms in total. The number of aromatic nitrogens is 19. The number of aryl methyl sites for hydroxylation is 3. The molecule has 8 aromatic carbocycles. The minimum absolute atomic E-state index is 0.0881. The van der Waals surface area contributed by atoms with E-state index in [2.05, 4.69) is 86.3 Å². The van der Waals surface area contributed by atoms with Crippen molar-refractivity contribution in [1.82, 2.24) is 92.7 Å². The highest BCUT2D eigenvalue weighted by atomic mass is 35.5. The smallest absolute Gasteiger partial charge is 0.368 e. The summed E-state index contributed by atoms with van der Waals surface area (Å²) in [6, 6.07) is 64.1. The summed E-state index contributed by atoms with van der Waals surface area (Å²) in [4.78, 5) is 106. The summed E-state index contributed by atoms with van der Waals surface area (Å²) in [5.41, 5.74) is 20.7. The van der Waals surface area contributed by atoms with Crippen LogP contribution in [0.4, 0.5) is 42.4 Å². The van der Waals surface area contributed by atoms with E-state index in [4.69, 9.17) is 40.5 Å². The number of hydrogen-bond acceptors (Lipinski definition) is 26. The van der Waals surface area contributed by atoms with Gasteiger partial charge in [-0.25, -0.2) is 44.9 Å². The number of hydrogen-bond donors (Lipinski definition) is 5. The zero-order chi connectivity index (χ0) is 95.2. The standard InChI is InChI=1S/C26H20ClN7OS.C26H22N8OS.C24H16ClF3N4OS.C23H18ClN5OS/c2*1-15(30-23-22-24(36-14-28-22)32-26(27)31-23)20-11-16-7-6-10-19(17-12-29-33(2)13-17)21(16)25(35)34(20)18-8-4-3-5-9-18;1-13(31-22-21-19(8-9-29-22)34-12-30-21)18-10-14-4-2-7-17(25)20(14)23(33)32(18)16-6-3-5-15(11-16)24(26,27)28;1-13(27-21-20-22(26-12-25-21)31-14(2)28-20)18-11-15-7-6-10-17(24)19(15)23(30)29(18)16-8-4-3-5-9-16/h3-15H,1-2H3,(H,30,31,32);3-15H,1-2H3,(H3,27,30,31,32);2-13H,1H3,(H,29,31);3-13H,1-2H3,(H,25,26,27)/t2*15-;2*13-/m0000/s1. The monoisotopic (exact) mass is 1950 g/mol. The lowest BCUT2D eigenvalue weighted by atomic mass is 9.99. The molecular formula is C99H76Cl3F3N24O4S4. The molecule has 0 fully saturated rings. The summed E-state index contributed by atoms with van der Waals surface area (Å²) in [5.74, 6) is 2.37. The molecule has 0 saturated carbocycles. The van der Waals surface area contributed by atoms with Crippen LogP contribution in [0.1, 0.15) is 85.2 Å². The van der Waals surface area contributed by atoms with Crippen molar-refractivity contribution in [3.63, 3.8) is 0 Å². The topological polar surface area (TPSA) is 340 Å². The molecular weight excluding hydrogens is 1880 g/mol. The van der Waals surface area contributed by atoms with Crippen LogP contribution in [-0.4, -0.2) is 92.7 Å². The molecule has 0 aliphatic rings. The van der Waals surface area contributed by atoms with E-state index in [1.165, 1.54) is 68.4 Å². The summed E-state index contributed by atoms with van der Waals surface area (Å²) in [6.07, 6.45) is 6.00. The van der Waals surface area contributed by atoms with Crippen molar-refractivity contribution in [2.24, 2.45) is 14.1 Å². The Hall–Kier alpha value is -15.4. The molecule has 0 unspecified atom stereocenters. The number of pyridine rings is 5. The van der Waals surface area contributed by atoms with Crippen molar-refractivity contribution >= 4 is 194 Å². The Bertz CT molecular complexity index is 8380. The second kappa shape index (κ2) is 38.2. The van der Waals surface area contributed by atoms with Gasteiger partial charge in [0.05, 0.1) is 100.0 Å². The van der Waals surface area contributed by atoms with E-state index in [-0.39, 0.29) is 62.1 Å². The van der Waals surface area contributed by atoms with Gasteiger partial charge >= 0.3 is 6.18 Å². The van der Waals surface area contributed by atoms with Crippen LogP contribution in [0.25, 0.3) is 129 Å². The minimum atomic E-state index is -4.55. The van der Waals surface area contributed by atoms with Gasteiger partial charge in [0.15, 0.2) is 32.9 Å². The Balaban J connectivity index is 0.000000117. The first-order chi connectivity index (χ1) is 66.2. The first kappa shape index (κ1) is 90.8. The number of anilines is 5. The molecule has 137 heavy (non-hydrogen) atoms. The van der Waals surface area contributed by atoms with Crippen LogP contribution in [0.15, 0.2) is 291 Å². The van der Waals surface area contributed by atoms with Gasteiger partial charge in [-0.2, -0.15) is 33.3 Å². The molecule has 0 aliphatic carbocycles. The molecule has 38 heteroatoms. The molecule has 0 amide bonds. The highest BCUT2D eigenvalue weighted by Gasteiger charge is 2.32. The quantitative estimate of drug-likeness (QED) is 0.0498. The number of nitrogens with two attached hydrogens (primary N) is 1. The maximum absolute atomic E-state index is 14.2. The number of halogens is 6. The van der Waals surface area contributed by atoms with Gasteiger partial charge in [0.25, 0.3) is 22.2 Å². The first-order valence-electron chi connectivity index (χ1n) is 42.6. The molecule has 0 spiro atoms. The highest BCUT2D eigenvalue weighted by Crippen LogP contribution is 2.39. The second-order valence-corrected chi connectivity index (χ2v) is 36.7.